The molecule has 1 amide bonds. The molecule has 1 saturated heterocycles. The van der Waals surface area contributed by atoms with Crippen molar-refractivity contribution < 1.29 is 9.53 Å². The lowest BCUT2D eigenvalue weighted by Gasteiger charge is -2.27. The molecule has 0 spiro atoms. The number of carbonyl (C=O) groups excluding carboxylic acids is 1. The summed E-state index contributed by atoms with van der Waals surface area (Å²) >= 11 is 0. The smallest absolute Gasteiger partial charge is 0.263 e. The molecule has 6 heteroatoms. The Morgan fingerprint density at radius 2 is 2.00 bits per heavy atom. The molecule has 3 aliphatic heterocycles. The summed E-state index contributed by atoms with van der Waals surface area (Å²) in [5, 5.41) is 6.51. The van der Waals surface area contributed by atoms with Gasteiger partial charge in [0.25, 0.3) is 5.91 Å². The molecule has 1 atom stereocenters. The van der Waals surface area contributed by atoms with Crippen LogP contribution in [0.1, 0.15) is 5.56 Å². The third-order valence-electron chi connectivity index (χ3n) is 5.08. The molecule has 1 aromatic rings. The van der Waals surface area contributed by atoms with Gasteiger partial charge in [0.05, 0.1) is 24.6 Å². The highest BCUT2D eigenvalue weighted by molar-refractivity contribution is 5.83. The third kappa shape index (κ3) is 4.23. The van der Waals surface area contributed by atoms with E-state index in [-0.39, 0.29) is 5.91 Å². The van der Waals surface area contributed by atoms with Gasteiger partial charge in [0.2, 0.25) is 0 Å². The molecular weight excluding hydrogens is 340 g/mol. The van der Waals surface area contributed by atoms with Crippen LogP contribution in [0.25, 0.3) is 0 Å². The van der Waals surface area contributed by atoms with Crippen molar-refractivity contribution in [2.75, 3.05) is 39.4 Å². The van der Waals surface area contributed by atoms with E-state index >= 15 is 0 Å². The number of rotatable bonds is 6. The molecule has 6 nitrogen and oxygen atoms in total. The standard InChI is InChI=1S/C21H26N4O2/c26-21(22-10-9-17-6-2-1-3-7-17)20-23-18(16-24-12-14-27-15-13-24)19-8-4-5-11-25(19)20/h1-8,11,20,23H,9-10,12-16H2,(H,22,26). The summed E-state index contributed by atoms with van der Waals surface area (Å²) in [7, 11) is 0. The summed E-state index contributed by atoms with van der Waals surface area (Å²) in [5.41, 5.74) is 3.40. The van der Waals surface area contributed by atoms with E-state index in [4.69, 9.17) is 4.74 Å². The molecule has 1 fully saturated rings. The van der Waals surface area contributed by atoms with Crippen LogP contribution in [0.4, 0.5) is 0 Å². The zero-order valence-electron chi connectivity index (χ0n) is 15.4. The monoisotopic (exact) mass is 366 g/mol. The SMILES string of the molecule is O=C(NCCc1ccccc1)C1NC(CN2CCOCC2)=C2C=CC=CN21. The Balaban J connectivity index is 1.36. The highest BCUT2D eigenvalue weighted by Gasteiger charge is 2.35. The van der Waals surface area contributed by atoms with Crippen LogP contribution in [0.3, 0.4) is 0 Å². The van der Waals surface area contributed by atoms with Gasteiger partial charge in [-0.15, -0.1) is 0 Å². The summed E-state index contributed by atoms with van der Waals surface area (Å²) in [5.74, 6) is 0.000332. The van der Waals surface area contributed by atoms with Crippen molar-refractivity contribution in [3.8, 4) is 0 Å². The molecule has 4 rings (SSSR count). The summed E-state index contributed by atoms with van der Waals surface area (Å²) in [6, 6.07) is 10.2. The highest BCUT2D eigenvalue weighted by atomic mass is 16.5. The number of nitrogens with zero attached hydrogens (tertiary/aromatic N) is 2. The number of amides is 1. The second-order valence-corrected chi connectivity index (χ2v) is 6.93. The van der Waals surface area contributed by atoms with E-state index in [0.717, 1.165) is 50.7 Å². The lowest BCUT2D eigenvalue weighted by molar-refractivity contribution is -0.125. The quantitative estimate of drug-likeness (QED) is 0.793. The third-order valence-corrected chi connectivity index (χ3v) is 5.08. The Morgan fingerprint density at radius 1 is 1.19 bits per heavy atom. The second-order valence-electron chi connectivity index (χ2n) is 6.93. The maximum Gasteiger partial charge on any atom is 0.263 e. The van der Waals surface area contributed by atoms with Gasteiger partial charge in [-0.2, -0.15) is 0 Å². The zero-order valence-corrected chi connectivity index (χ0v) is 15.4. The van der Waals surface area contributed by atoms with Crippen LogP contribution in [-0.2, 0) is 16.0 Å². The van der Waals surface area contributed by atoms with Crippen molar-refractivity contribution in [2.45, 2.75) is 12.6 Å². The molecule has 27 heavy (non-hydrogen) atoms. The first-order chi connectivity index (χ1) is 13.3. The van der Waals surface area contributed by atoms with Crippen LogP contribution in [0.15, 0.2) is 66.2 Å². The number of fused-ring (bicyclic) bond motifs is 1. The molecule has 3 aliphatic rings. The predicted octanol–water partition coefficient (Wildman–Crippen LogP) is 1.20. The van der Waals surface area contributed by atoms with E-state index in [1.54, 1.807) is 0 Å². The van der Waals surface area contributed by atoms with Crippen LogP contribution in [0, 0.1) is 0 Å². The predicted molar refractivity (Wildman–Crippen MR) is 104 cm³/mol. The van der Waals surface area contributed by atoms with Crippen LogP contribution in [0.2, 0.25) is 0 Å². The molecule has 1 unspecified atom stereocenters. The Bertz CT molecular complexity index is 751. The fourth-order valence-electron chi connectivity index (χ4n) is 3.62. The fourth-order valence-corrected chi connectivity index (χ4v) is 3.62. The van der Waals surface area contributed by atoms with Crippen molar-refractivity contribution in [1.29, 1.82) is 0 Å². The van der Waals surface area contributed by atoms with Crippen molar-refractivity contribution >= 4 is 5.91 Å². The number of allylic oxidation sites excluding steroid dienone is 3. The number of hydrogen-bond donors (Lipinski definition) is 2. The zero-order chi connectivity index (χ0) is 18.5. The van der Waals surface area contributed by atoms with Gasteiger partial charge in [-0.25, -0.2) is 0 Å². The van der Waals surface area contributed by atoms with Gasteiger partial charge in [0.15, 0.2) is 6.17 Å². The lowest BCUT2D eigenvalue weighted by atomic mass is 10.1. The molecule has 3 heterocycles. The first-order valence-electron chi connectivity index (χ1n) is 9.56. The van der Waals surface area contributed by atoms with E-state index in [2.05, 4.69) is 33.7 Å². The molecule has 1 aromatic carbocycles. The topological polar surface area (TPSA) is 56.8 Å². The normalized spacial score (nSPS) is 21.9. The van der Waals surface area contributed by atoms with Crippen molar-refractivity contribution in [3.63, 3.8) is 0 Å². The van der Waals surface area contributed by atoms with E-state index < -0.39 is 6.17 Å². The van der Waals surface area contributed by atoms with Crippen molar-refractivity contribution in [1.82, 2.24) is 20.4 Å². The van der Waals surface area contributed by atoms with E-state index in [1.807, 2.05) is 41.5 Å². The first-order valence-corrected chi connectivity index (χ1v) is 9.56. The minimum Gasteiger partial charge on any atom is -0.379 e. The van der Waals surface area contributed by atoms with Gasteiger partial charge >= 0.3 is 0 Å². The summed E-state index contributed by atoms with van der Waals surface area (Å²) in [6.07, 6.45) is 8.45. The molecular formula is C21H26N4O2. The van der Waals surface area contributed by atoms with Gasteiger partial charge in [-0.1, -0.05) is 36.4 Å². The first kappa shape index (κ1) is 17.8. The maximum absolute atomic E-state index is 12.8. The number of benzene rings is 1. The molecule has 0 aromatic heterocycles. The van der Waals surface area contributed by atoms with Crippen molar-refractivity contribution in [2.24, 2.45) is 0 Å². The molecule has 2 N–H and O–H groups in total. The Hall–Kier alpha value is -2.57. The molecule has 0 bridgehead atoms. The molecule has 0 aliphatic carbocycles. The molecule has 0 saturated carbocycles. The van der Waals surface area contributed by atoms with Crippen LogP contribution in [0.5, 0.6) is 0 Å². The van der Waals surface area contributed by atoms with Gasteiger partial charge in [0, 0.05) is 32.4 Å². The maximum atomic E-state index is 12.8. The lowest BCUT2D eigenvalue weighted by Crippen LogP contribution is -2.49. The van der Waals surface area contributed by atoms with Gasteiger partial charge in [0.1, 0.15) is 0 Å². The number of nitrogens with one attached hydrogen (secondary N) is 2. The average Bonchev–Trinajstić information content (AvgIpc) is 3.08. The molecule has 0 radical (unpaired) electrons. The number of ether oxygens (including phenoxy) is 1. The number of hydrogen-bond acceptors (Lipinski definition) is 5. The highest BCUT2D eigenvalue weighted by Crippen LogP contribution is 2.25. The van der Waals surface area contributed by atoms with Crippen LogP contribution < -0.4 is 10.6 Å². The number of morpholine rings is 1. The average molecular weight is 366 g/mol. The largest absolute Gasteiger partial charge is 0.379 e. The van der Waals surface area contributed by atoms with Crippen LogP contribution >= 0.6 is 0 Å². The Labute approximate surface area is 160 Å². The summed E-state index contributed by atoms with van der Waals surface area (Å²) < 4.78 is 5.43. The second kappa shape index (κ2) is 8.41. The van der Waals surface area contributed by atoms with E-state index in [9.17, 15) is 4.79 Å². The van der Waals surface area contributed by atoms with Crippen molar-refractivity contribution in [3.05, 3.63) is 71.7 Å². The Kier molecular flexibility index (Phi) is 5.55. The number of carbonyl (C=O) groups is 1. The Morgan fingerprint density at radius 3 is 2.81 bits per heavy atom. The van der Waals surface area contributed by atoms with E-state index in [0.29, 0.717) is 6.54 Å². The minimum absolute atomic E-state index is 0.000332. The van der Waals surface area contributed by atoms with Gasteiger partial charge < -0.3 is 20.3 Å². The molecule has 142 valence electrons. The van der Waals surface area contributed by atoms with Gasteiger partial charge in [-0.3, -0.25) is 9.69 Å². The van der Waals surface area contributed by atoms with Crippen LogP contribution in [-0.4, -0.2) is 61.3 Å². The fraction of sp³-hybridized carbons (Fsp3) is 0.381. The van der Waals surface area contributed by atoms with Gasteiger partial charge in [-0.05, 0) is 24.1 Å². The summed E-state index contributed by atoms with van der Waals surface area (Å²) in [4.78, 5) is 17.2. The minimum atomic E-state index is -0.395. The van der Waals surface area contributed by atoms with E-state index in [1.165, 1.54) is 5.56 Å². The summed E-state index contributed by atoms with van der Waals surface area (Å²) in [6.45, 7) is 4.82.